The van der Waals surface area contributed by atoms with Crippen molar-refractivity contribution in [2.75, 3.05) is 28.1 Å². The predicted molar refractivity (Wildman–Crippen MR) is 94.8 cm³/mol. The molecule has 8 nitrogen and oxygen atoms in total. The predicted octanol–water partition coefficient (Wildman–Crippen LogP) is 2.03. The minimum Gasteiger partial charge on any atom is -0.497 e. The Labute approximate surface area is 160 Å². The molecular formula is C20H18O8. The summed E-state index contributed by atoms with van der Waals surface area (Å²) < 4.78 is 31.8. The van der Waals surface area contributed by atoms with Crippen molar-refractivity contribution in [1.29, 1.82) is 0 Å². The van der Waals surface area contributed by atoms with Crippen molar-refractivity contribution >= 4 is 11.9 Å². The second-order valence-electron chi connectivity index (χ2n) is 6.27. The van der Waals surface area contributed by atoms with Crippen LogP contribution in [-0.2, 0) is 19.1 Å². The summed E-state index contributed by atoms with van der Waals surface area (Å²) in [5.41, 5.74) is -0.797. The Morgan fingerprint density at radius 3 is 2.11 bits per heavy atom. The lowest BCUT2D eigenvalue weighted by Crippen LogP contribution is -2.55. The van der Waals surface area contributed by atoms with Crippen LogP contribution in [0.2, 0.25) is 0 Å². The highest BCUT2D eigenvalue weighted by atomic mass is 16.7. The maximum Gasteiger partial charge on any atom is 0.363 e. The van der Waals surface area contributed by atoms with Crippen LogP contribution in [0.5, 0.6) is 23.0 Å². The second kappa shape index (κ2) is 6.63. The van der Waals surface area contributed by atoms with Crippen LogP contribution in [0, 0.1) is 0 Å². The summed E-state index contributed by atoms with van der Waals surface area (Å²) in [6, 6.07) is 10.3. The molecule has 0 bridgehead atoms. The molecule has 146 valence electrons. The van der Waals surface area contributed by atoms with Crippen molar-refractivity contribution in [3.63, 3.8) is 0 Å². The summed E-state index contributed by atoms with van der Waals surface area (Å²) >= 11 is 0. The number of esters is 2. The fourth-order valence-electron chi connectivity index (χ4n) is 3.62. The van der Waals surface area contributed by atoms with Crippen LogP contribution in [0.3, 0.4) is 0 Å². The van der Waals surface area contributed by atoms with E-state index in [1.165, 1.54) is 14.2 Å². The van der Waals surface area contributed by atoms with Crippen LogP contribution in [0.1, 0.15) is 17.0 Å². The highest BCUT2D eigenvalue weighted by Crippen LogP contribution is 2.53. The molecule has 0 aliphatic carbocycles. The zero-order chi connectivity index (χ0) is 19.9. The standard InChI is InChI=1S/C20H18O8/c1-23-12-6-4-11(5-7-12)17-13-8-15-16(27-10-26-15)9-14(13)28-20(17,18(21)24-2)19(22)25-3/h4-9,17H,10H2,1-3H3/t17-/m0/s1. The first-order valence-electron chi connectivity index (χ1n) is 8.48. The summed E-state index contributed by atoms with van der Waals surface area (Å²) in [5.74, 6) is -0.611. The Kier molecular flexibility index (Phi) is 4.26. The topological polar surface area (TPSA) is 89.5 Å². The maximum absolute atomic E-state index is 12.8. The van der Waals surface area contributed by atoms with Gasteiger partial charge in [-0.25, -0.2) is 9.59 Å². The lowest BCUT2D eigenvalue weighted by Gasteiger charge is -2.29. The zero-order valence-corrected chi connectivity index (χ0v) is 15.5. The van der Waals surface area contributed by atoms with Gasteiger partial charge in [0.1, 0.15) is 11.5 Å². The van der Waals surface area contributed by atoms with E-state index in [1.807, 2.05) is 0 Å². The van der Waals surface area contributed by atoms with Crippen molar-refractivity contribution < 1.29 is 38.0 Å². The molecule has 2 aliphatic rings. The Hall–Kier alpha value is -3.42. The monoisotopic (exact) mass is 386 g/mol. The molecule has 0 N–H and O–H groups in total. The molecule has 2 aliphatic heterocycles. The van der Waals surface area contributed by atoms with Crippen LogP contribution < -0.4 is 18.9 Å². The number of ether oxygens (including phenoxy) is 6. The third-order valence-electron chi connectivity index (χ3n) is 4.92. The number of hydrogen-bond donors (Lipinski definition) is 0. The van der Waals surface area contributed by atoms with E-state index in [1.54, 1.807) is 43.5 Å². The molecular weight excluding hydrogens is 368 g/mol. The van der Waals surface area contributed by atoms with Gasteiger partial charge in [0.25, 0.3) is 0 Å². The Morgan fingerprint density at radius 1 is 0.929 bits per heavy atom. The molecule has 0 amide bonds. The molecule has 0 saturated heterocycles. The summed E-state index contributed by atoms with van der Waals surface area (Å²) in [4.78, 5) is 25.7. The van der Waals surface area contributed by atoms with Gasteiger partial charge in [0.05, 0.1) is 27.2 Å². The van der Waals surface area contributed by atoms with E-state index in [4.69, 9.17) is 28.4 Å². The van der Waals surface area contributed by atoms with Gasteiger partial charge in [-0.2, -0.15) is 0 Å². The Balaban J connectivity index is 1.94. The number of methoxy groups -OCH3 is 3. The summed E-state index contributed by atoms with van der Waals surface area (Å²) in [7, 11) is 3.93. The highest BCUT2D eigenvalue weighted by molar-refractivity contribution is 6.07. The van der Waals surface area contributed by atoms with Crippen LogP contribution in [0.25, 0.3) is 0 Å². The average Bonchev–Trinajstić information content (AvgIpc) is 3.32. The smallest absolute Gasteiger partial charge is 0.363 e. The van der Waals surface area contributed by atoms with Gasteiger partial charge in [-0.15, -0.1) is 0 Å². The largest absolute Gasteiger partial charge is 0.497 e. The minimum absolute atomic E-state index is 0.0879. The Morgan fingerprint density at radius 2 is 1.54 bits per heavy atom. The molecule has 0 saturated carbocycles. The molecule has 0 aromatic heterocycles. The van der Waals surface area contributed by atoms with Gasteiger partial charge in [0, 0.05) is 11.6 Å². The first-order valence-corrected chi connectivity index (χ1v) is 8.48. The molecule has 8 heteroatoms. The van der Waals surface area contributed by atoms with Crippen LogP contribution in [0.15, 0.2) is 36.4 Å². The molecule has 2 aromatic carbocycles. The number of benzene rings is 2. The molecule has 0 unspecified atom stereocenters. The number of rotatable bonds is 4. The molecule has 4 rings (SSSR count). The quantitative estimate of drug-likeness (QED) is 0.583. The van der Waals surface area contributed by atoms with Gasteiger partial charge in [-0.3, -0.25) is 0 Å². The summed E-state index contributed by atoms with van der Waals surface area (Å²) in [5, 5.41) is 0. The van der Waals surface area contributed by atoms with Gasteiger partial charge in [0.15, 0.2) is 11.5 Å². The van der Waals surface area contributed by atoms with Crippen LogP contribution in [-0.4, -0.2) is 45.7 Å². The molecule has 0 radical (unpaired) electrons. The van der Waals surface area contributed by atoms with E-state index in [9.17, 15) is 9.59 Å². The van der Waals surface area contributed by atoms with E-state index in [0.29, 0.717) is 34.1 Å². The van der Waals surface area contributed by atoms with Crippen LogP contribution in [0.4, 0.5) is 0 Å². The normalized spacial score (nSPS) is 18.0. The first kappa shape index (κ1) is 18.0. The minimum atomic E-state index is -2.03. The van der Waals surface area contributed by atoms with Crippen molar-refractivity contribution in [1.82, 2.24) is 0 Å². The van der Waals surface area contributed by atoms with E-state index in [0.717, 1.165) is 0 Å². The summed E-state index contributed by atoms with van der Waals surface area (Å²) in [6.45, 7) is 0.0879. The third-order valence-corrected chi connectivity index (χ3v) is 4.92. The first-order chi connectivity index (χ1) is 13.5. The Bertz CT molecular complexity index is 918. The maximum atomic E-state index is 12.8. The zero-order valence-electron chi connectivity index (χ0n) is 15.5. The molecule has 2 aromatic rings. The van der Waals surface area contributed by atoms with Gasteiger partial charge in [0.2, 0.25) is 6.79 Å². The van der Waals surface area contributed by atoms with E-state index in [2.05, 4.69) is 0 Å². The number of carbonyl (C=O) groups excluding carboxylic acids is 2. The molecule has 0 fully saturated rings. The van der Waals surface area contributed by atoms with Crippen molar-refractivity contribution in [2.24, 2.45) is 0 Å². The van der Waals surface area contributed by atoms with E-state index < -0.39 is 23.5 Å². The number of hydrogen-bond acceptors (Lipinski definition) is 8. The fourth-order valence-corrected chi connectivity index (χ4v) is 3.62. The number of fused-ring (bicyclic) bond motifs is 2. The lowest BCUT2D eigenvalue weighted by molar-refractivity contribution is -0.176. The second-order valence-corrected chi connectivity index (χ2v) is 6.27. The van der Waals surface area contributed by atoms with Gasteiger partial charge in [-0.05, 0) is 23.8 Å². The van der Waals surface area contributed by atoms with Crippen LogP contribution >= 0.6 is 0 Å². The van der Waals surface area contributed by atoms with Crippen molar-refractivity contribution in [3.05, 3.63) is 47.5 Å². The molecule has 28 heavy (non-hydrogen) atoms. The van der Waals surface area contributed by atoms with E-state index in [-0.39, 0.29) is 6.79 Å². The van der Waals surface area contributed by atoms with Crippen molar-refractivity contribution in [3.8, 4) is 23.0 Å². The molecule has 0 spiro atoms. The van der Waals surface area contributed by atoms with Crippen molar-refractivity contribution in [2.45, 2.75) is 11.5 Å². The average molecular weight is 386 g/mol. The van der Waals surface area contributed by atoms with E-state index >= 15 is 0 Å². The lowest BCUT2D eigenvalue weighted by atomic mass is 9.78. The molecule has 2 heterocycles. The third kappa shape index (κ3) is 2.45. The SMILES string of the molecule is COC(=O)C1(C(=O)OC)Oc2cc3c(cc2[C@@H]1c1ccc(OC)cc1)OCO3. The summed E-state index contributed by atoms with van der Waals surface area (Å²) in [6.07, 6.45) is 0. The van der Waals surface area contributed by atoms with Gasteiger partial charge >= 0.3 is 17.5 Å². The van der Waals surface area contributed by atoms with Gasteiger partial charge in [-0.1, -0.05) is 12.1 Å². The van der Waals surface area contributed by atoms with Gasteiger partial charge < -0.3 is 28.4 Å². The highest BCUT2D eigenvalue weighted by Gasteiger charge is 2.63. The molecule has 1 atom stereocenters. The number of carbonyl (C=O) groups is 2. The fraction of sp³-hybridized carbons (Fsp3) is 0.300.